The predicted molar refractivity (Wildman–Crippen MR) is 60.3 cm³/mol. The van der Waals surface area contributed by atoms with Gasteiger partial charge in [-0.15, -0.1) is 0 Å². The third-order valence-corrected chi connectivity index (χ3v) is 3.49. The minimum atomic E-state index is -0.808. The topological polar surface area (TPSA) is 87.6 Å². The standard InChI is InChI=1S/C11H17N3O3/c12-14-13-11(15)17-9-4-2-1-3-8(5-6-9)10-7-16-10/h8-10H,1-7H2. The molecule has 2 rings (SSSR count). The van der Waals surface area contributed by atoms with Crippen LogP contribution in [0, 0.1) is 5.92 Å². The van der Waals surface area contributed by atoms with Crippen molar-refractivity contribution in [3.8, 4) is 0 Å². The monoisotopic (exact) mass is 239 g/mol. The first-order valence-corrected chi connectivity index (χ1v) is 6.17. The second-order valence-electron chi connectivity index (χ2n) is 4.69. The molecule has 1 heterocycles. The zero-order chi connectivity index (χ0) is 12.1. The molecule has 1 saturated heterocycles. The maximum atomic E-state index is 11.1. The van der Waals surface area contributed by atoms with Crippen LogP contribution in [0.15, 0.2) is 5.11 Å². The van der Waals surface area contributed by atoms with E-state index in [0.717, 1.165) is 38.7 Å². The van der Waals surface area contributed by atoms with Gasteiger partial charge in [0.15, 0.2) is 0 Å². The Morgan fingerprint density at radius 3 is 2.76 bits per heavy atom. The molecule has 0 aromatic rings. The molecule has 0 aromatic carbocycles. The number of carbonyl (C=O) groups excluding carboxylic acids is 1. The molecule has 0 N–H and O–H groups in total. The lowest BCUT2D eigenvalue weighted by Gasteiger charge is -2.23. The highest BCUT2D eigenvalue weighted by molar-refractivity contribution is 5.68. The van der Waals surface area contributed by atoms with Crippen molar-refractivity contribution in [2.24, 2.45) is 11.0 Å². The second kappa shape index (κ2) is 5.89. The summed E-state index contributed by atoms with van der Waals surface area (Å²) in [6.07, 6.45) is 5.67. The maximum Gasteiger partial charge on any atom is 0.397 e. The van der Waals surface area contributed by atoms with E-state index in [1.165, 1.54) is 6.42 Å². The average Bonchev–Trinajstić information content (AvgIpc) is 3.07. The van der Waals surface area contributed by atoms with Crippen LogP contribution >= 0.6 is 0 Å². The van der Waals surface area contributed by atoms with Crippen LogP contribution in [0.5, 0.6) is 0 Å². The molecule has 0 radical (unpaired) electrons. The summed E-state index contributed by atoms with van der Waals surface area (Å²) < 4.78 is 10.4. The van der Waals surface area contributed by atoms with Gasteiger partial charge in [-0.25, -0.2) is 4.79 Å². The van der Waals surface area contributed by atoms with Crippen molar-refractivity contribution in [1.29, 1.82) is 0 Å². The van der Waals surface area contributed by atoms with Gasteiger partial charge in [0.2, 0.25) is 0 Å². The minimum Gasteiger partial charge on any atom is -0.458 e. The molecule has 2 fully saturated rings. The van der Waals surface area contributed by atoms with E-state index in [-0.39, 0.29) is 6.10 Å². The largest absolute Gasteiger partial charge is 0.458 e. The van der Waals surface area contributed by atoms with E-state index < -0.39 is 6.09 Å². The van der Waals surface area contributed by atoms with Gasteiger partial charge in [0.25, 0.3) is 0 Å². The van der Waals surface area contributed by atoms with E-state index in [2.05, 4.69) is 10.0 Å². The molecule has 1 saturated carbocycles. The molecule has 1 aliphatic carbocycles. The smallest absolute Gasteiger partial charge is 0.397 e. The zero-order valence-corrected chi connectivity index (χ0v) is 9.75. The summed E-state index contributed by atoms with van der Waals surface area (Å²) in [6, 6.07) is 0. The Bertz CT molecular complexity index is 324. The lowest BCUT2D eigenvalue weighted by Crippen LogP contribution is -2.21. The van der Waals surface area contributed by atoms with Gasteiger partial charge in [0.1, 0.15) is 6.10 Å². The first-order valence-electron chi connectivity index (χ1n) is 6.17. The van der Waals surface area contributed by atoms with Crippen molar-refractivity contribution < 1.29 is 14.3 Å². The number of amides is 1. The van der Waals surface area contributed by atoms with Gasteiger partial charge in [-0.05, 0) is 43.6 Å². The highest BCUT2D eigenvalue weighted by Gasteiger charge is 2.33. The molecule has 1 amide bonds. The van der Waals surface area contributed by atoms with Crippen molar-refractivity contribution in [1.82, 2.24) is 0 Å². The molecular weight excluding hydrogens is 222 g/mol. The highest BCUT2D eigenvalue weighted by atomic mass is 16.6. The van der Waals surface area contributed by atoms with Crippen LogP contribution < -0.4 is 0 Å². The molecule has 6 heteroatoms. The van der Waals surface area contributed by atoms with Crippen molar-refractivity contribution in [3.05, 3.63) is 10.4 Å². The fraction of sp³-hybridized carbons (Fsp3) is 0.909. The Labute approximate surface area is 99.9 Å². The van der Waals surface area contributed by atoms with E-state index in [1.807, 2.05) is 0 Å². The van der Waals surface area contributed by atoms with Gasteiger partial charge >= 0.3 is 6.09 Å². The molecule has 1 aliphatic heterocycles. The van der Waals surface area contributed by atoms with E-state index in [9.17, 15) is 4.79 Å². The number of hydrogen-bond acceptors (Lipinski definition) is 3. The fourth-order valence-electron chi connectivity index (χ4n) is 2.49. The molecule has 0 spiro atoms. The number of nitrogens with zero attached hydrogens (tertiary/aromatic N) is 3. The van der Waals surface area contributed by atoms with E-state index >= 15 is 0 Å². The quantitative estimate of drug-likeness (QED) is 0.321. The SMILES string of the molecule is [N-]=[N+]=NC(=O)OC1CCCCC(C2CO2)CC1. The number of ether oxygens (including phenoxy) is 2. The Morgan fingerprint density at radius 2 is 2.06 bits per heavy atom. The molecule has 3 atom stereocenters. The van der Waals surface area contributed by atoms with Gasteiger partial charge in [0, 0.05) is 10.0 Å². The summed E-state index contributed by atoms with van der Waals surface area (Å²) in [6.45, 7) is 0.883. The Morgan fingerprint density at radius 1 is 1.29 bits per heavy atom. The van der Waals surface area contributed by atoms with Crippen LogP contribution in [-0.4, -0.2) is 24.9 Å². The Kier molecular flexibility index (Phi) is 4.23. The molecule has 0 bridgehead atoms. The summed E-state index contributed by atoms with van der Waals surface area (Å²) in [7, 11) is 0. The van der Waals surface area contributed by atoms with E-state index in [0.29, 0.717) is 12.0 Å². The van der Waals surface area contributed by atoms with Crippen molar-refractivity contribution in [2.45, 2.75) is 50.7 Å². The average molecular weight is 239 g/mol. The van der Waals surface area contributed by atoms with Gasteiger partial charge in [-0.2, -0.15) is 0 Å². The van der Waals surface area contributed by atoms with Crippen LogP contribution in [-0.2, 0) is 9.47 Å². The third-order valence-electron chi connectivity index (χ3n) is 3.49. The summed E-state index contributed by atoms with van der Waals surface area (Å²) in [5.74, 6) is 0.607. The summed E-state index contributed by atoms with van der Waals surface area (Å²) >= 11 is 0. The van der Waals surface area contributed by atoms with Crippen molar-refractivity contribution in [2.75, 3.05) is 6.61 Å². The number of azide groups is 1. The molecule has 2 aliphatic rings. The molecule has 94 valence electrons. The van der Waals surface area contributed by atoms with Gasteiger partial charge in [-0.1, -0.05) is 6.42 Å². The van der Waals surface area contributed by atoms with Crippen LogP contribution in [0.25, 0.3) is 10.4 Å². The number of carbonyl (C=O) groups is 1. The first kappa shape index (κ1) is 12.2. The lowest BCUT2D eigenvalue weighted by atomic mass is 9.88. The number of hydrogen-bond donors (Lipinski definition) is 0. The van der Waals surface area contributed by atoms with Crippen molar-refractivity contribution >= 4 is 6.09 Å². The Balaban J connectivity index is 1.81. The van der Waals surface area contributed by atoms with Gasteiger partial charge in [-0.3, -0.25) is 0 Å². The molecule has 6 nitrogen and oxygen atoms in total. The highest BCUT2D eigenvalue weighted by Crippen LogP contribution is 2.32. The number of epoxide rings is 1. The number of rotatable bonds is 2. The van der Waals surface area contributed by atoms with Gasteiger partial charge in [0.05, 0.1) is 12.7 Å². The van der Waals surface area contributed by atoms with Gasteiger partial charge < -0.3 is 9.47 Å². The molecule has 17 heavy (non-hydrogen) atoms. The van der Waals surface area contributed by atoms with Crippen LogP contribution in [0.2, 0.25) is 0 Å². The normalized spacial score (nSPS) is 32.8. The third kappa shape index (κ3) is 3.91. The lowest BCUT2D eigenvalue weighted by molar-refractivity contribution is 0.0823. The maximum absolute atomic E-state index is 11.1. The summed E-state index contributed by atoms with van der Waals surface area (Å²) in [5, 5.41) is 2.93. The van der Waals surface area contributed by atoms with Crippen molar-refractivity contribution in [3.63, 3.8) is 0 Å². The van der Waals surface area contributed by atoms with Crippen LogP contribution in [0.3, 0.4) is 0 Å². The summed E-state index contributed by atoms with van der Waals surface area (Å²) in [5.41, 5.74) is 8.13. The van der Waals surface area contributed by atoms with Crippen LogP contribution in [0.1, 0.15) is 38.5 Å². The predicted octanol–water partition coefficient (Wildman–Crippen LogP) is 3.17. The second-order valence-corrected chi connectivity index (χ2v) is 4.69. The molecule has 0 aromatic heterocycles. The Hall–Kier alpha value is -1.26. The molecule has 3 unspecified atom stereocenters. The minimum absolute atomic E-state index is 0.102. The summed E-state index contributed by atoms with van der Waals surface area (Å²) in [4.78, 5) is 13.5. The van der Waals surface area contributed by atoms with Crippen LogP contribution in [0.4, 0.5) is 4.79 Å². The van der Waals surface area contributed by atoms with E-state index in [1.54, 1.807) is 0 Å². The fourth-order valence-corrected chi connectivity index (χ4v) is 2.49. The molecular formula is C11H17N3O3. The zero-order valence-electron chi connectivity index (χ0n) is 9.75. The first-order chi connectivity index (χ1) is 8.29. The van der Waals surface area contributed by atoms with E-state index in [4.69, 9.17) is 15.0 Å².